The molecule has 9 heteroatoms. The Kier molecular flexibility index (Phi) is 10.2. The lowest BCUT2D eigenvalue weighted by Gasteiger charge is -2.34. The Hall–Kier alpha value is -3.43. The molecule has 0 aromatic heterocycles. The minimum atomic E-state index is -0.899. The van der Waals surface area contributed by atoms with Crippen molar-refractivity contribution in [2.45, 2.75) is 25.7 Å². The third-order valence-corrected chi connectivity index (χ3v) is 4.88. The van der Waals surface area contributed by atoms with Gasteiger partial charge >= 0.3 is 0 Å². The van der Waals surface area contributed by atoms with Gasteiger partial charge in [-0.3, -0.25) is 9.59 Å². The second-order valence-electron chi connectivity index (χ2n) is 6.38. The van der Waals surface area contributed by atoms with Gasteiger partial charge < -0.3 is 22.1 Å². The molecule has 0 aliphatic carbocycles. The molecule has 2 rings (SSSR count). The summed E-state index contributed by atoms with van der Waals surface area (Å²) in [5, 5.41) is 9.20. The van der Waals surface area contributed by atoms with E-state index in [1.54, 1.807) is 38.4 Å². The molecule has 168 valence electrons. The van der Waals surface area contributed by atoms with Crippen LogP contribution in [0.25, 0.3) is 0 Å². The van der Waals surface area contributed by atoms with E-state index in [9.17, 15) is 9.59 Å². The molecule has 0 spiro atoms. The number of nitrogens with one attached hydrogen (secondary N) is 3. The van der Waals surface area contributed by atoms with E-state index in [0.29, 0.717) is 24.1 Å². The van der Waals surface area contributed by atoms with Crippen molar-refractivity contribution in [3.63, 3.8) is 0 Å². The highest BCUT2D eigenvalue weighted by Crippen LogP contribution is 2.36. The van der Waals surface area contributed by atoms with Crippen molar-refractivity contribution in [2.75, 3.05) is 20.6 Å². The number of hydrazine groups is 1. The van der Waals surface area contributed by atoms with Crippen LogP contribution in [0.3, 0.4) is 0 Å². The van der Waals surface area contributed by atoms with E-state index in [2.05, 4.69) is 21.3 Å². The summed E-state index contributed by atoms with van der Waals surface area (Å²) in [6.07, 6.45) is 0.433. The number of nitrogens with two attached hydrogens (primary N) is 3. The smallest absolute Gasteiger partial charge is 0.251 e. The minimum absolute atomic E-state index is 0.193. The summed E-state index contributed by atoms with van der Waals surface area (Å²) in [6.45, 7) is 4.31. The molecule has 0 fully saturated rings. The topological polar surface area (TPSA) is 161 Å². The predicted octanol–water partition coefficient (Wildman–Crippen LogP) is 0.802. The third kappa shape index (κ3) is 5.59. The first kappa shape index (κ1) is 25.6. The van der Waals surface area contributed by atoms with Crippen LogP contribution >= 0.6 is 0 Å². The second kappa shape index (κ2) is 12.3. The Morgan fingerprint density at radius 2 is 1.26 bits per heavy atom. The fourth-order valence-corrected chi connectivity index (χ4v) is 3.36. The highest BCUT2D eigenvalue weighted by atomic mass is 16.2. The van der Waals surface area contributed by atoms with Crippen LogP contribution in [0.1, 0.15) is 52.1 Å². The van der Waals surface area contributed by atoms with Crippen molar-refractivity contribution in [3.05, 3.63) is 70.8 Å². The maximum atomic E-state index is 11.9. The summed E-state index contributed by atoms with van der Waals surface area (Å²) in [4.78, 5) is 23.8. The van der Waals surface area contributed by atoms with E-state index in [0.717, 1.165) is 11.1 Å². The number of nitrogens with zero attached hydrogens (tertiary/aromatic N) is 1. The molecule has 0 aliphatic heterocycles. The molecule has 2 aromatic rings. The zero-order valence-electron chi connectivity index (χ0n) is 18.5. The van der Waals surface area contributed by atoms with E-state index in [-0.39, 0.29) is 17.6 Å². The zero-order chi connectivity index (χ0) is 23.4. The SMILES string of the molecule is CC.CNC(=O)c1ccc(C(CCN)(/C(N)=N/NN)c2ccc(C(=O)NC)cc2)cc1. The van der Waals surface area contributed by atoms with Crippen LogP contribution < -0.4 is 33.5 Å². The third-order valence-electron chi connectivity index (χ3n) is 4.88. The van der Waals surface area contributed by atoms with Crippen molar-refractivity contribution in [1.82, 2.24) is 16.2 Å². The average Bonchev–Trinajstić information content (AvgIpc) is 2.83. The standard InChI is InChI=1S/C20H27N7O2.C2H6/c1-24-17(28)13-3-7-15(8-4-13)20(11-12-21,19(22)26-27-23)16-9-5-14(6-10-16)18(29)25-2;1-2/h3-10,27H,11-12,21,23H2,1-2H3,(H2,22,26)(H,24,28)(H,25,29);1-2H3. The van der Waals surface area contributed by atoms with Crippen LogP contribution in [0, 0.1) is 0 Å². The number of rotatable bonds is 8. The molecule has 2 amide bonds. The fraction of sp³-hybridized carbons (Fsp3) is 0.318. The molecule has 0 atom stereocenters. The molecule has 31 heavy (non-hydrogen) atoms. The first-order valence-electron chi connectivity index (χ1n) is 10.1. The largest absolute Gasteiger partial charge is 0.385 e. The van der Waals surface area contributed by atoms with Gasteiger partial charge in [0, 0.05) is 25.2 Å². The maximum absolute atomic E-state index is 11.9. The average molecular weight is 428 g/mol. The van der Waals surface area contributed by atoms with Gasteiger partial charge in [-0.25, -0.2) is 11.4 Å². The molecule has 9 N–H and O–H groups in total. The number of hydrogen-bond donors (Lipinski definition) is 6. The maximum Gasteiger partial charge on any atom is 0.251 e. The van der Waals surface area contributed by atoms with Gasteiger partial charge in [0.25, 0.3) is 11.8 Å². The highest BCUT2D eigenvalue weighted by Gasteiger charge is 2.38. The fourth-order valence-electron chi connectivity index (χ4n) is 3.36. The Bertz CT molecular complexity index is 818. The summed E-state index contributed by atoms with van der Waals surface area (Å²) < 4.78 is 0. The normalized spacial score (nSPS) is 11.1. The van der Waals surface area contributed by atoms with Crippen LogP contribution in [0.2, 0.25) is 0 Å². The molecule has 0 heterocycles. The van der Waals surface area contributed by atoms with E-state index in [1.165, 1.54) is 0 Å². The van der Waals surface area contributed by atoms with Gasteiger partial charge in [-0.15, -0.1) is 0 Å². The molecule has 0 aliphatic rings. The molecule has 0 unspecified atom stereocenters. The summed E-state index contributed by atoms with van der Waals surface area (Å²) in [5.41, 5.74) is 16.2. The van der Waals surface area contributed by atoms with Crippen molar-refractivity contribution in [3.8, 4) is 0 Å². The molecule has 0 saturated carbocycles. The zero-order valence-corrected chi connectivity index (χ0v) is 18.5. The van der Waals surface area contributed by atoms with Crippen LogP contribution in [0.15, 0.2) is 53.6 Å². The number of carbonyl (C=O) groups excluding carboxylic acids is 2. The van der Waals surface area contributed by atoms with Crippen molar-refractivity contribution >= 4 is 17.6 Å². The van der Waals surface area contributed by atoms with Crippen LogP contribution in [-0.4, -0.2) is 38.3 Å². The molecule has 2 aromatic carbocycles. The molecule has 0 saturated heterocycles. The van der Waals surface area contributed by atoms with Gasteiger partial charge in [-0.05, 0) is 48.4 Å². The van der Waals surface area contributed by atoms with Crippen LogP contribution in [0.4, 0.5) is 0 Å². The number of hydrazone groups is 1. The Morgan fingerprint density at radius 1 is 0.871 bits per heavy atom. The van der Waals surface area contributed by atoms with Gasteiger partial charge in [0.05, 0.1) is 5.41 Å². The number of carbonyl (C=O) groups is 2. The number of benzene rings is 2. The lowest BCUT2D eigenvalue weighted by atomic mass is 9.70. The Balaban J connectivity index is 0.00000233. The second-order valence-corrected chi connectivity index (χ2v) is 6.38. The van der Waals surface area contributed by atoms with Gasteiger partial charge in [-0.2, -0.15) is 5.10 Å². The summed E-state index contributed by atoms with van der Waals surface area (Å²) in [7, 11) is 3.14. The minimum Gasteiger partial charge on any atom is -0.385 e. The van der Waals surface area contributed by atoms with Crippen molar-refractivity contribution < 1.29 is 9.59 Å². The first-order chi connectivity index (χ1) is 14.9. The highest BCUT2D eigenvalue weighted by molar-refractivity contribution is 5.97. The number of hydrogen-bond acceptors (Lipinski definition) is 6. The molecule has 0 radical (unpaired) electrons. The lowest BCUT2D eigenvalue weighted by molar-refractivity contribution is 0.0955. The Morgan fingerprint density at radius 3 is 1.55 bits per heavy atom. The number of amidine groups is 1. The summed E-state index contributed by atoms with van der Waals surface area (Å²) in [6, 6.07) is 14.1. The van der Waals surface area contributed by atoms with Gasteiger partial charge in [0.1, 0.15) is 5.84 Å². The Labute approximate surface area is 183 Å². The van der Waals surface area contributed by atoms with E-state index in [1.807, 2.05) is 38.1 Å². The van der Waals surface area contributed by atoms with Crippen LogP contribution in [0.5, 0.6) is 0 Å². The van der Waals surface area contributed by atoms with E-state index >= 15 is 0 Å². The van der Waals surface area contributed by atoms with Gasteiger partial charge in [-0.1, -0.05) is 38.1 Å². The molecular weight excluding hydrogens is 394 g/mol. The lowest BCUT2D eigenvalue weighted by Crippen LogP contribution is -2.45. The summed E-state index contributed by atoms with van der Waals surface area (Å²) in [5.74, 6) is 5.21. The molecule has 9 nitrogen and oxygen atoms in total. The van der Waals surface area contributed by atoms with Crippen molar-refractivity contribution in [2.24, 2.45) is 22.4 Å². The van der Waals surface area contributed by atoms with E-state index < -0.39 is 5.41 Å². The predicted molar refractivity (Wildman–Crippen MR) is 124 cm³/mol. The molecule has 0 bridgehead atoms. The monoisotopic (exact) mass is 427 g/mol. The van der Waals surface area contributed by atoms with Gasteiger partial charge in [0.2, 0.25) is 0 Å². The first-order valence-corrected chi connectivity index (χ1v) is 10.1. The van der Waals surface area contributed by atoms with Crippen LogP contribution in [-0.2, 0) is 5.41 Å². The van der Waals surface area contributed by atoms with Gasteiger partial charge in [0.15, 0.2) is 0 Å². The number of amides is 2. The van der Waals surface area contributed by atoms with Crippen molar-refractivity contribution in [1.29, 1.82) is 0 Å². The van der Waals surface area contributed by atoms with E-state index in [4.69, 9.17) is 17.3 Å². The quantitative estimate of drug-likeness (QED) is 0.158. The summed E-state index contributed by atoms with van der Waals surface area (Å²) >= 11 is 0. The molecular formula is C22H33N7O2.